The van der Waals surface area contributed by atoms with Gasteiger partial charge in [0, 0.05) is 48.3 Å². The van der Waals surface area contributed by atoms with Gasteiger partial charge in [0.05, 0.1) is 24.2 Å². The number of esters is 1. The first-order valence-corrected chi connectivity index (χ1v) is 20.9. The molecule has 1 aromatic carbocycles. The van der Waals surface area contributed by atoms with Crippen LogP contribution in [-0.4, -0.2) is 130 Å². The molecule has 4 heterocycles. The van der Waals surface area contributed by atoms with Crippen molar-refractivity contribution in [3.05, 3.63) is 54.4 Å². The Balaban J connectivity index is 1.48. The molecule has 0 bridgehead atoms. The number of hydrogen-bond acceptors (Lipinski definition) is 14. The van der Waals surface area contributed by atoms with Crippen molar-refractivity contribution in [2.24, 2.45) is 23.7 Å². The van der Waals surface area contributed by atoms with Crippen LogP contribution in [0.4, 0.5) is 9.59 Å². The summed E-state index contributed by atoms with van der Waals surface area (Å²) in [6.07, 6.45) is -0.384. The normalized spacial score (nSPS) is 36.8. The number of hydrogen-bond donors (Lipinski definition) is 4. The molecule has 60 heavy (non-hydrogen) atoms. The Hall–Kier alpha value is -4.48. The lowest BCUT2D eigenvalue weighted by atomic mass is 9.73. The first-order chi connectivity index (χ1) is 28.3. The van der Waals surface area contributed by atoms with Gasteiger partial charge in [-0.15, -0.1) is 0 Å². The van der Waals surface area contributed by atoms with Crippen LogP contribution in [0.3, 0.4) is 0 Å². The maximum absolute atomic E-state index is 14.4. The number of carbonyl (C=O) groups is 4. The highest BCUT2D eigenvalue weighted by molar-refractivity contribution is 5.85. The molecule has 0 unspecified atom stereocenters. The topological polar surface area (TPSA) is 208 Å². The number of rotatable bonds is 9. The third-order valence-electron chi connectivity index (χ3n) is 12.4. The lowest BCUT2D eigenvalue weighted by Crippen LogP contribution is -2.61. The molecule has 3 saturated heterocycles. The largest absolute Gasteiger partial charge is 0.458 e. The molecule has 0 radical (unpaired) electrons. The summed E-state index contributed by atoms with van der Waals surface area (Å²) < 4.78 is 30.9. The van der Waals surface area contributed by atoms with Crippen LogP contribution >= 0.6 is 0 Å². The fourth-order valence-corrected chi connectivity index (χ4v) is 9.01. The second-order valence-corrected chi connectivity index (χ2v) is 17.3. The molecule has 0 spiro atoms. The maximum atomic E-state index is 14.4. The average molecular weight is 838 g/mol. The summed E-state index contributed by atoms with van der Waals surface area (Å²) in [5, 5.41) is 29.1. The SMILES string of the molecule is CC[C@H]1OC(=O)[C@H](C)[C@@H](O)[C@H](C)[C@@H](O[C@@H]2O[C@H](C)C[C@H](N(C)C)[C@H]2O)[C@](C)(OC(=O)NCC=Cc2ccc(-c3ncccn3)cc2)C[C@@H](C)C(=O)[C@H](C)[C@H]2NC(=O)O[C@@]21C. The van der Waals surface area contributed by atoms with Gasteiger partial charge in [-0.1, -0.05) is 64.1 Å². The van der Waals surface area contributed by atoms with E-state index in [1.165, 1.54) is 6.92 Å². The summed E-state index contributed by atoms with van der Waals surface area (Å²) in [4.78, 5) is 65.4. The van der Waals surface area contributed by atoms with E-state index in [1.807, 2.05) is 56.3 Å². The number of benzene rings is 1. The zero-order valence-electron chi connectivity index (χ0n) is 36.4. The van der Waals surface area contributed by atoms with E-state index >= 15 is 0 Å². The minimum Gasteiger partial charge on any atom is -0.458 e. The lowest BCUT2D eigenvalue weighted by Gasteiger charge is -2.48. The predicted molar refractivity (Wildman–Crippen MR) is 221 cm³/mol. The second kappa shape index (κ2) is 19.5. The van der Waals surface area contributed by atoms with Gasteiger partial charge in [0.25, 0.3) is 0 Å². The number of fused-ring (bicyclic) bond motifs is 1. The van der Waals surface area contributed by atoms with Gasteiger partial charge < -0.3 is 49.4 Å². The number of amides is 2. The number of cyclic esters (lactones) is 1. The van der Waals surface area contributed by atoms with E-state index in [0.717, 1.165) is 11.1 Å². The van der Waals surface area contributed by atoms with E-state index in [-0.39, 0.29) is 37.3 Å². The van der Waals surface area contributed by atoms with Gasteiger partial charge in [-0.2, -0.15) is 0 Å². The molecule has 2 amide bonds. The average Bonchev–Trinajstić information content (AvgIpc) is 3.53. The summed E-state index contributed by atoms with van der Waals surface area (Å²) in [5.41, 5.74) is -1.38. The van der Waals surface area contributed by atoms with E-state index in [1.54, 1.807) is 66.1 Å². The number of aliphatic hydroxyl groups excluding tert-OH is 2. The van der Waals surface area contributed by atoms with Crippen molar-refractivity contribution < 1.29 is 53.1 Å². The highest BCUT2D eigenvalue weighted by Crippen LogP contribution is 2.41. The highest BCUT2D eigenvalue weighted by atomic mass is 16.7. The van der Waals surface area contributed by atoms with E-state index in [2.05, 4.69) is 20.6 Å². The van der Waals surface area contributed by atoms with Gasteiger partial charge in [0.15, 0.2) is 17.7 Å². The Kier molecular flexibility index (Phi) is 15.1. The number of ketones is 1. The van der Waals surface area contributed by atoms with Crippen molar-refractivity contribution >= 4 is 30.0 Å². The molecule has 5 rings (SSSR count). The molecule has 330 valence electrons. The first-order valence-electron chi connectivity index (χ1n) is 20.9. The van der Waals surface area contributed by atoms with Crippen LogP contribution in [0.25, 0.3) is 17.5 Å². The van der Waals surface area contributed by atoms with E-state index < -0.39 is 89.8 Å². The third kappa shape index (κ3) is 10.3. The molecule has 14 atom stereocenters. The number of carbonyl (C=O) groups excluding carboxylic acids is 4. The van der Waals surface area contributed by atoms with E-state index in [4.69, 9.17) is 23.7 Å². The Morgan fingerprint density at radius 1 is 1.02 bits per heavy atom. The number of nitrogens with zero attached hydrogens (tertiary/aromatic N) is 3. The number of likely N-dealkylation sites (N-methyl/N-ethyl adjacent to an activating group) is 1. The van der Waals surface area contributed by atoms with Crippen molar-refractivity contribution in [2.45, 2.75) is 135 Å². The van der Waals surface area contributed by atoms with Crippen molar-refractivity contribution in [2.75, 3.05) is 20.6 Å². The summed E-state index contributed by atoms with van der Waals surface area (Å²) in [7, 11) is 3.68. The predicted octanol–water partition coefficient (Wildman–Crippen LogP) is 4.52. The van der Waals surface area contributed by atoms with E-state index in [9.17, 15) is 29.4 Å². The number of ether oxygens (including phenoxy) is 5. The van der Waals surface area contributed by atoms with Crippen LogP contribution in [0.1, 0.15) is 80.2 Å². The monoisotopic (exact) mass is 837 g/mol. The van der Waals surface area contributed by atoms with Crippen molar-refractivity contribution in [3.63, 3.8) is 0 Å². The molecule has 3 aliphatic rings. The number of aliphatic hydroxyl groups is 2. The molecule has 1 aromatic heterocycles. The van der Waals surface area contributed by atoms with Gasteiger partial charge in [0.2, 0.25) is 0 Å². The molecule has 16 nitrogen and oxygen atoms in total. The van der Waals surface area contributed by atoms with Gasteiger partial charge >= 0.3 is 18.2 Å². The fourth-order valence-electron chi connectivity index (χ4n) is 9.01. The quantitative estimate of drug-likeness (QED) is 0.202. The molecule has 4 N–H and O–H groups in total. The van der Waals surface area contributed by atoms with Crippen molar-refractivity contribution in [1.29, 1.82) is 0 Å². The van der Waals surface area contributed by atoms with Crippen molar-refractivity contribution in [1.82, 2.24) is 25.5 Å². The summed E-state index contributed by atoms with van der Waals surface area (Å²) in [5.74, 6) is -4.21. The van der Waals surface area contributed by atoms with Crippen molar-refractivity contribution in [3.8, 4) is 11.4 Å². The number of aromatic nitrogens is 2. The third-order valence-corrected chi connectivity index (χ3v) is 12.4. The van der Waals surface area contributed by atoms with Crippen LogP contribution in [-0.2, 0) is 33.3 Å². The Morgan fingerprint density at radius 2 is 1.68 bits per heavy atom. The summed E-state index contributed by atoms with van der Waals surface area (Å²) >= 11 is 0. The minimum atomic E-state index is -1.69. The van der Waals surface area contributed by atoms with Crippen LogP contribution in [0.2, 0.25) is 0 Å². The van der Waals surface area contributed by atoms with Crippen LogP contribution in [0.5, 0.6) is 0 Å². The minimum absolute atomic E-state index is 0.0710. The number of Topliss-reactive ketones (excluding diaryl/α,β-unsaturated/α-hetero) is 1. The van der Waals surface area contributed by atoms with E-state index in [0.29, 0.717) is 12.2 Å². The molecule has 3 aliphatic heterocycles. The summed E-state index contributed by atoms with van der Waals surface area (Å²) in [6.45, 7) is 13.5. The van der Waals surface area contributed by atoms with Crippen LogP contribution < -0.4 is 10.6 Å². The number of alkyl carbamates (subject to hydrolysis) is 2. The highest BCUT2D eigenvalue weighted by Gasteiger charge is 2.57. The zero-order valence-corrected chi connectivity index (χ0v) is 36.4. The molecular weight excluding hydrogens is 775 g/mol. The molecule has 2 aromatic rings. The van der Waals surface area contributed by atoms with Gasteiger partial charge in [-0.3, -0.25) is 9.59 Å². The molecule has 0 aliphatic carbocycles. The Labute approximate surface area is 352 Å². The standard InChI is InChI=1S/C44H63N5O11/c1-11-32-44(8)36(48-42(55)60-44)26(4)33(50)24(2)23-43(7,59-41(54)47-19-12-14-29-15-17-30(18-16-29)38-45-20-13-21-46-38)37(27(5)34(51)28(6)39(53)57-32)58-40-35(52)31(49(9)10)22-25(3)56-40/h12-18,20-21,24-28,31-32,34-37,40,51-52H,11,19,22-23H2,1-10H3,(H,47,54)(H,48,55)/t24-,25-,26+,27+,28-,31+,32-,34+,35-,36-,37-,40+,43-,44-/m1/s1. The van der Waals surface area contributed by atoms with Crippen LogP contribution in [0.15, 0.2) is 48.8 Å². The summed E-state index contributed by atoms with van der Waals surface area (Å²) in [6, 6.07) is 8.11. The molecule has 16 heteroatoms. The second-order valence-electron chi connectivity index (χ2n) is 17.3. The van der Waals surface area contributed by atoms with Gasteiger partial charge in [-0.25, -0.2) is 19.6 Å². The lowest BCUT2D eigenvalue weighted by molar-refractivity contribution is -0.298. The van der Waals surface area contributed by atoms with Gasteiger partial charge in [-0.05, 0) is 72.7 Å². The smallest absolute Gasteiger partial charge is 0.408 e. The first kappa shape index (κ1) is 46.6. The Bertz CT molecular complexity index is 1830. The maximum Gasteiger partial charge on any atom is 0.408 e. The zero-order chi connectivity index (χ0) is 44.1. The molecular formula is C44H63N5O11. The molecule has 0 saturated carbocycles. The van der Waals surface area contributed by atoms with Crippen LogP contribution in [0, 0.1) is 23.7 Å². The fraction of sp³-hybridized carbons (Fsp3) is 0.636. The number of nitrogens with one attached hydrogen (secondary N) is 2. The van der Waals surface area contributed by atoms with Gasteiger partial charge in [0.1, 0.15) is 29.7 Å². The Morgan fingerprint density at radius 3 is 2.32 bits per heavy atom. The molecule has 3 fully saturated rings.